The molecule has 0 saturated heterocycles. The summed E-state index contributed by atoms with van der Waals surface area (Å²) in [4.78, 5) is 66.2. The molecule has 0 fully saturated rings. The van der Waals surface area contributed by atoms with Crippen LogP contribution in [0.25, 0.3) is 0 Å². The molecule has 0 bridgehead atoms. The van der Waals surface area contributed by atoms with E-state index in [1.165, 1.54) is 0 Å². The van der Waals surface area contributed by atoms with Gasteiger partial charge in [-0.15, -0.1) is 0 Å². The van der Waals surface area contributed by atoms with Gasteiger partial charge in [-0.1, -0.05) is 25.7 Å². The van der Waals surface area contributed by atoms with Crippen LogP contribution in [0.5, 0.6) is 0 Å². The summed E-state index contributed by atoms with van der Waals surface area (Å²) in [5, 5.41) is 39.3. The molecular formula is C18H28N2O10. The number of aliphatic carboxylic acids is 4. The number of amides is 2. The minimum Gasteiger partial charge on any atom is -0.481 e. The zero-order valence-electron chi connectivity index (χ0n) is 16.5. The lowest BCUT2D eigenvalue weighted by molar-refractivity contribution is -0.147. The number of carboxylic acid groups (broad SMARTS) is 4. The van der Waals surface area contributed by atoms with Crippen LogP contribution in [0, 0.1) is 0 Å². The van der Waals surface area contributed by atoms with Crippen LogP contribution in [0.15, 0.2) is 0 Å². The second-order valence-corrected chi connectivity index (χ2v) is 6.73. The SMILES string of the molecule is O=C(O)C[C@H](NC(=O)CCCCCCCCC(=O)N[C@@H](CC(=O)O)C(=O)O)C(=O)O. The smallest absolute Gasteiger partial charge is 0.326 e. The average molecular weight is 432 g/mol. The molecule has 0 heterocycles. The van der Waals surface area contributed by atoms with Crippen LogP contribution in [0.3, 0.4) is 0 Å². The topological polar surface area (TPSA) is 207 Å². The number of carboxylic acids is 4. The predicted molar refractivity (Wildman–Crippen MR) is 101 cm³/mol. The van der Waals surface area contributed by atoms with Crippen LogP contribution in [0.4, 0.5) is 0 Å². The number of carbonyl (C=O) groups excluding carboxylic acids is 2. The maximum atomic E-state index is 11.7. The third-order valence-corrected chi connectivity index (χ3v) is 4.08. The molecule has 2 atom stereocenters. The van der Waals surface area contributed by atoms with Crippen molar-refractivity contribution in [3.63, 3.8) is 0 Å². The van der Waals surface area contributed by atoms with Crippen molar-refractivity contribution in [3.05, 3.63) is 0 Å². The molecule has 0 aliphatic heterocycles. The summed E-state index contributed by atoms with van der Waals surface area (Å²) in [5.41, 5.74) is 0. The molecule has 0 aromatic carbocycles. The van der Waals surface area contributed by atoms with Crippen LogP contribution in [0.1, 0.15) is 64.2 Å². The van der Waals surface area contributed by atoms with Crippen molar-refractivity contribution in [3.8, 4) is 0 Å². The number of unbranched alkanes of at least 4 members (excludes halogenated alkanes) is 5. The molecule has 0 aromatic rings. The van der Waals surface area contributed by atoms with Gasteiger partial charge in [0, 0.05) is 12.8 Å². The largest absolute Gasteiger partial charge is 0.481 e. The van der Waals surface area contributed by atoms with Crippen molar-refractivity contribution in [1.29, 1.82) is 0 Å². The first-order valence-corrected chi connectivity index (χ1v) is 9.50. The fraction of sp³-hybridized carbons (Fsp3) is 0.667. The van der Waals surface area contributed by atoms with Crippen molar-refractivity contribution in [1.82, 2.24) is 10.6 Å². The first kappa shape index (κ1) is 26.8. The lowest BCUT2D eigenvalue weighted by Gasteiger charge is -2.12. The molecule has 170 valence electrons. The van der Waals surface area contributed by atoms with Crippen LogP contribution in [-0.2, 0) is 28.8 Å². The number of rotatable bonds is 17. The Morgan fingerprint density at radius 2 is 0.833 bits per heavy atom. The summed E-state index contributed by atoms with van der Waals surface area (Å²) in [6, 6.07) is -2.92. The van der Waals surface area contributed by atoms with Crippen molar-refractivity contribution in [2.45, 2.75) is 76.3 Å². The van der Waals surface area contributed by atoms with E-state index in [9.17, 15) is 28.8 Å². The van der Waals surface area contributed by atoms with Crippen molar-refractivity contribution < 1.29 is 49.2 Å². The van der Waals surface area contributed by atoms with E-state index in [0.29, 0.717) is 25.7 Å². The van der Waals surface area contributed by atoms with Gasteiger partial charge < -0.3 is 31.1 Å². The van der Waals surface area contributed by atoms with Gasteiger partial charge in [0.2, 0.25) is 11.8 Å². The Labute approximate surface area is 172 Å². The normalized spacial score (nSPS) is 12.4. The van der Waals surface area contributed by atoms with E-state index in [0.717, 1.165) is 12.8 Å². The zero-order chi connectivity index (χ0) is 23.1. The monoisotopic (exact) mass is 432 g/mol. The van der Waals surface area contributed by atoms with Gasteiger partial charge in [-0.05, 0) is 12.8 Å². The Balaban J connectivity index is 3.87. The quantitative estimate of drug-likeness (QED) is 0.172. The molecule has 0 rings (SSSR count). The third kappa shape index (κ3) is 13.9. The van der Waals surface area contributed by atoms with E-state index in [4.69, 9.17) is 20.4 Å². The maximum Gasteiger partial charge on any atom is 0.326 e. The van der Waals surface area contributed by atoms with Crippen LogP contribution in [0.2, 0.25) is 0 Å². The number of hydrogen-bond acceptors (Lipinski definition) is 6. The Bertz CT molecular complexity index is 580. The van der Waals surface area contributed by atoms with E-state index in [1.807, 2.05) is 0 Å². The van der Waals surface area contributed by atoms with Crippen molar-refractivity contribution in [2.75, 3.05) is 0 Å². The van der Waals surface area contributed by atoms with Gasteiger partial charge in [0.05, 0.1) is 12.8 Å². The molecular weight excluding hydrogens is 404 g/mol. The van der Waals surface area contributed by atoms with Gasteiger partial charge in [-0.3, -0.25) is 19.2 Å². The molecule has 0 unspecified atom stereocenters. The lowest BCUT2D eigenvalue weighted by atomic mass is 10.1. The van der Waals surface area contributed by atoms with E-state index in [2.05, 4.69) is 10.6 Å². The first-order chi connectivity index (χ1) is 14.0. The number of carbonyl (C=O) groups is 6. The van der Waals surface area contributed by atoms with Crippen LogP contribution >= 0.6 is 0 Å². The van der Waals surface area contributed by atoms with Crippen LogP contribution in [-0.4, -0.2) is 68.2 Å². The third-order valence-electron chi connectivity index (χ3n) is 4.08. The zero-order valence-corrected chi connectivity index (χ0v) is 16.5. The minimum atomic E-state index is -1.46. The fourth-order valence-corrected chi connectivity index (χ4v) is 2.56. The summed E-state index contributed by atoms with van der Waals surface area (Å²) < 4.78 is 0. The Morgan fingerprint density at radius 3 is 1.10 bits per heavy atom. The molecule has 2 amide bonds. The summed E-state index contributed by atoms with van der Waals surface area (Å²) in [6.45, 7) is 0. The molecule has 0 radical (unpaired) electrons. The molecule has 0 aliphatic rings. The summed E-state index contributed by atoms with van der Waals surface area (Å²) in [7, 11) is 0. The highest BCUT2D eigenvalue weighted by atomic mass is 16.4. The predicted octanol–water partition coefficient (Wildman–Crippen LogP) is 0.195. The Morgan fingerprint density at radius 1 is 0.533 bits per heavy atom. The van der Waals surface area contributed by atoms with Gasteiger partial charge in [0.1, 0.15) is 12.1 Å². The second kappa shape index (κ2) is 14.8. The molecule has 6 N–H and O–H groups in total. The average Bonchev–Trinajstić information content (AvgIpc) is 2.61. The van der Waals surface area contributed by atoms with E-state index >= 15 is 0 Å². The molecule has 0 saturated carbocycles. The van der Waals surface area contributed by atoms with Crippen LogP contribution < -0.4 is 10.6 Å². The molecule has 0 spiro atoms. The van der Waals surface area contributed by atoms with E-state index in [-0.39, 0.29) is 12.8 Å². The van der Waals surface area contributed by atoms with E-state index in [1.54, 1.807) is 0 Å². The molecule has 30 heavy (non-hydrogen) atoms. The highest BCUT2D eigenvalue weighted by Gasteiger charge is 2.23. The standard InChI is InChI=1S/C18H28N2O10/c21-13(19-11(17(27)28)9-15(23)24)7-5-3-1-2-4-6-8-14(22)20-12(18(29)30)10-16(25)26/h11-12H,1-10H2,(H,19,21)(H,20,22)(H,23,24)(H,25,26)(H,27,28)(H,29,30)/t11-,12-/m0/s1. The van der Waals surface area contributed by atoms with E-state index < -0.39 is 60.6 Å². The molecule has 12 heteroatoms. The van der Waals surface area contributed by atoms with Gasteiger partial charge in [-0.2, -0.15) is 0 Å². The Hall–Kier alpha value is -3.18. The second-order valence-electron chi connectivity index (χ2n) is 6.73. The van der Waals surface area contributed by atoms with Crippen molar-refractivity contribution >= 4 is 35.7 Å². The minimum absolute atomic E-state index is 0.0754. The highest BCUT2D eigenvalue weighted by molar-refractivity contribution is 5.87. The fourth-order valence-electron chi connectivity index (χ4n) is 2.56. The lowest BCUT2D eigenvalue weighted by Crippen LogP contribution is -2.42. The van der Waals surface area contributed by atoms with Crippen molar-refractivity contribution in [2.24, 2.45) is 0 Å². The molecule has 0 aromatic heterocycles. The maximum absolute atomic E-state index is 11.7. The van der Waals surface area contributed by atoms with Gasteiger partial charge >= 0.3 is 23.9 Å². The Kier molecular flexibility index (Phi) is 13.2. The summed E-state index contributed by atoms with van der Waals surface area (Å²) in [6.07, 6.45) is 2.68. The summed E-state index contributed by atoms with van der Waals surface area (Å²) in [5.74, 6) is -6.53. The first-order valence-electron chi connectivity index (χ1n) is 9.50. The van der Waals surface area contributed by atoms with Gasteiger partial charge in [0.25, 0.3) is 0 Å². The number of hydrogen-bond donors (Lipinski definition) is 6. The summed E-state index contributed by atoms with van der Waals surface area (Å²) >= 11 is 0. The van der Waals surface area contributed by atoms with Gasteiger partial charge in [0.15, 0.2) is 0 Å². The van der Waals surface area contributed by atoms with Gasteiger partial charge in [-0.25, -0.2) is 9.59 Å². The molecule has 12 nitrogen and oxygen atoms in total. The number of nitrogens with one attached hydrogen (secondary N) is 2. The highest BCUT2D eigenvalue weighted by Crippen LogP contribution is 2.09. The molecule has 0 aliphatic carbocycles.